The topological polar surface area (TPSA) is 63.9 Å². The Morgan fingerprint density at radius 3 is 3.00 bits per heavy atom. The third-order valence-electron chi connectivity index (χ3n) is 4.80. The van der Waals surface area contributed by atoms with E-state index >= 15 is 0 Å². The van der Waals surface area contributed by atoms with E-state index in [0.717, 1.165) is 54.4 Å². The van der Waals surface area contributed by atoms with Gasteiger partial charge in [-0.1, -0.05) is 0 Å². The predicted molar refractivity (Wildman–Crippen MR) is 90.2 cm³/mol. The summed E-state index contributed by atoms with van der Waals surface area (Å²) in [6.07, 6.45) is 6.55. The zero-order valence-corrected chi connectivity index (χ0v) is 14.2. The molecule has 23 heavy (non-hydrogen) atoms. The highest BCUT2D eigenvalue weighted by Gasteiger charge is 2.28. The summed E-state index contributed by atoms with van der Waals surface area (Å²) in [6, 6.07) is 2.09. The molecule has 122 valence electrons. The second-order valence-corrected chi connectivity index (χ2v) is 7.19. The van der Waals surface area contributed by atoms with Crippen molar-refractivity contribution in [1.29, 1.82) is 0 Å². The Hall–Kier alpha value is -1.76. The number of fused-ring (bicyclic) bond motifs is 1. The smallest absolute Gasteiger partial charge is 0.267 e. The molecular formula is C16H21N5OS. The number of hydrogen-bond donors (Lipinski definition) is 0. The van der Waals surface area contributed by atoms with Gasteiger partial charge in [-0.2, -0.15) is 9.47 Å². The summed E-state index contributed by atoms with van der Waals surface area (Å²) >= 11 is 1.45. The van der Waals surface area contributed by atoms with E-state index in [4.69, 9.17) is 0 Å². The van der Waals surface area contributed by atoms with E-state index in [-0.39, 0.29) is 11.6 Å². The van der Waals surface area contributed by atoms with Crippen LogP contribution in [0.4, 0.5) is 5.13 Å². The van der Waals surface area contributed by atoms with Gasteiger partial charge in [-0.15, -0.1) is 0 Å². The van der Waals surface area contributed by atoms with E-state index in [0.29, 0.717) is 6.54 Å². The standard InChI is InChI=1S/C16H21N5OS/c1-11-17-16(23-19-11)20-8-4-6-13(20)10-21-15(22)9-12-5-2-3-7-14(12)18-21/h9,13H,2-8,10H2,1H3. The molecule has 1 unspecified atom stereocenters. The zero-order chi connectivity index (χ0) is 15.8. The largest absolute Gasteiger partial charge is 0.342 e. The Morgan fingerprint density at radius 2 is 2.17 bits per heavy atom. The van der Waals surface area contributed by atoms with Gasteiger partial charge in [-0.25, -0.2) is 9.67 Å². The van der Waals surface area contributed by atoms with Crippen LogP contribution in [-0.2, 0) is 19.4 Å². The van der Waals surface area contributed by atoms with Gasteiger partial charge in [0.25, 0.3) is 5.56 Å². The van der Waals surface area contributed by atoms with E-state index in [1.54, 1.807) is 10.7 Å². The van der Waals surface area contributed by atoms with E-state index in [2.05, 4.69) is 19.4 Å². The molecule has 0 saturated carbocycles. The van der Waals surface area contributed by atoms with Crippen LogP contribution in [0.1, 0.15) is 42.8 Å². The van der Waals surface area contributed by atoms with Crippen LogP contribution in [0, 0.1) is 6.92 Å². The van der Waals surface area contributed by atoms with Gasteiger partial charge in [-0.3, -0.25) is 4.79 Å². The lowest BCUT2D eigenvalue weighted by molar-refractivity contribution is 0.473. The van der Waals surface area contributed by atoms with Crippen molar-refractivity contribution in [2.75, 3.05) is 11.4 Å². The van der Waals surface area contributed by atoms with E-state index in [1.165, 1.54) is 24.4 Å². The molecule has 0 bridgehead atoms. The SMILES string of the molecule is Cc1nsc(N2CCCC2Cn2nc3c(cc2=O)CCCC3)n1. The van der Waals surface area contributed by atoms with Crippen molar-refractivity contribution in [2.24, 2.45) is 0 Å². The first-order chi connectivity index (χ1) is 11.2. The number of aromatic nitrogens is 4. The molecule has 0 aromatic carbocycles. The lowest BCUT2D eigenvalue weighted by Gasteiger charge is -2.24. The molecule has 1 saturated heterocycles. The number of nitrogens with zero attached hydrogens (tertiary/aromatic N) is 5. The van der Waals surface area contributed by atoms with Crippen molar-refractivity contribution in [1.82, 2.24) is 19.1 Å². The minimum absolute atomic E-state index is 0.0333. The average Bonchev–Trinajstić information content (AvgIpc) is 3.16. The van der Waals surface area contributed by atoms with E-state index in [1.807, 2.05) is 6.92 Å². The van der Waals surface area contributed by atoms with Crippen LogP contribution in [0.3, 0.4) is 0 Å². The summed E-state index contributed by atoms with van der Waals surface area (Å²) in [5, 5.41) is 5.62. The quantitative estimate of drug-likeness (QED) is 0.860. The summed E-state index contributed by atoms with van der Waals surface area (Å²) in [5.41, 5.74) is 2.30. The molecule has 6 nitrogen and oxygen atoms in total. The first-order valence-corrected chi connectivity index (χ1v) is 9.15. The molecule has 1 aliphatic heterocycles. The van der Waals surface area contributed by atoms with Gasteiger partial charge in [0.05, 0.1) is 18.3 Å². The van der Waals surface area contributed by atoms with Crippen LogP contribution in [-0.4, -0.2) is 31.7 Å². The van der Waals surface area contributed by atoms with Crippen molar-refractivity contribution in [3.8, 4) is 0 Å². The van der Waals surface area contributed by atoms with Crippen molar-refractivity contribution < 1.29 is 0 Å². The third kappa shape index (κ3) is 2.89. The normalized spacial score (nSPS) is 20.7. The molecule has 2 aliphatic rings. The van der Waals surface area contributed by atoms with Crippen LogP contribution in [0.2, 0.25) is 0 Å². The van der Waals surface area contributed by atoms with Crippen LogP contribution >= 0.6 is 11.5 Å². The molecule has 2 aromatic heterocycles. The van der Waals surface area contributed by atoms with Crippen molar-refractivity contribution in [3.63, 3.8) is 0 Å². The Bertz CT molecular complexity index is 768. The van der Waals surface area contributed by atoms with Gasteiger partial charge in [0.2, 0.25) is 5.13 Å². The molecule has 1 fully saturated rings. The molecular weight excluding hydrogens is 310 g/mol. The van der Waals surface area contributed by atoms with Crippen molar-refractivity contribution in [2.45, 2.75) is 58.0 Å². The maximum absolute atomic E-state index is 12.4. The summed E-state index contributed by atoms with van der Waals surface area (Å²) in [4.78, 5) is 19.2. The minimum atomic E-state index is 0.0333. The second-order valence-electron chi connectivity index (χ2n) is 6.46. The van der Waals surface area contributed by atoms with E-state index in [9.17, 15) is 4.79 Å². The fourth-order valence-electron chi connectivity index (χ4n) is 3.61. The summed E-state index contributed by atoms with van der Waals surface area (Å²) in [7, 11) is 0. The summed E-state index contributed by atoms with van der Waals surface area (Å²) in [6.45, 7) is 3.55. The monoisotopic (exact) mass is 331 g/mol. The van der Waals surface area contributed by atoms with Gasteiger partial charge in [0, 0.05) is 24.1 Å². The number of anilines is 1. The molecule has 7 heteroatoms. The Labute approximate surface area is 139 Å². The van der Waals surface area contributed by atoms with E-state index < -0.39 is 0 Å². The highest BCUT2D eigenvalue weighted by molar-refractivity contribution is 7.09. The van der Waals surface area contributed by atoms with Crippen LogP contribution in [0.5, 0.6) is 0 Å². The molecule has 1 atom stereocenters. The molecule has 1 aliphatic carbocycles. The van der Waals surface area contributed by atoms with Gasteiger partial charge >= 0.3 is 0 Å². The number of rotatable bonds is 3. The van der Waals surface area contributed by atoms with Crippen LogP contribution in [0.25, 0.3) is 0 Å². The second kappa shape index (κ2) is 6.03. The molecule has 0 N–H and O–H groups in total. The summed E-state index contributed by atoms with van der Waals surface area (Å²) < 4.78 is 5.95. The van der Waals surface area contributed by atoms with Crippen molar-refractivity contribution >= 4 is 16.7 Å². The predicted octanol–water partition coefficient (Wildman–Crippen LogP) is 1.95. The Balaban J connectivity index is 1.58. The average molecular weight is 331 g/mol. The zero-order valence-electron chi connectivity index (χ0n) is 13.4. The number of hydrogen-bond acceptors (Lipinski definition) is 6. The van der Waals surface area contributed by atoms with Gasteiger partial charge in [-0.05, 0) is 51.0 Å². The maximum Gasteiger partial charge on any atom is 0.267 e. The van der Waals surface area contributed by atoms with Gasteiger partial charge in [0.1, 0.15) is 5.82 Å². The molecule has 3 heterocycles. The lowest BCUT2D eigenvalue weighted by atomic mass is 9.97. The fourth-order valence-corrected chi connectivity index (χ4v) is 4.38. The van der Waals surface area contributed by atoms with Gasteiger partial charge < -0.3 is 4.90 Å². The Kier molecular flexibility index (Phi) is 3.88. The van der Waals surface area contributed by atoms with Gasteiger partial charge in [0.15, 0.2) is 0 Å². The van der Waals surface area contributed by atoms with Crippen LogP contribution in [0.15, 0.2) is 10.9 Å². The third-order valence-corrected chi connectivity index (χ3v) is 5.64. The first kappa shape index (κ1) is 14.8. The molecule has 2 aromatic rings. The molecule has 0 radical (unpaired) electrons. The molecule has 0 spiro atoms. The maximum atomic E-state index is 12.4. The minimum Gasteiger partial charge on any atom is -0.342 e. The lowest BCUT2D eigenvalue weighted by Crippen LogP contribution is -2.37. The highest BCUT2D eigenvalue weighted by Crippen LogP contribution is 2.27. The van der Waals surface area contributed by atoms with Crippen LogP contribution < -0.4 is 10.5 Å². The van der Waals surface area contributed by atoms with Crippen molar-refractivity contribution in [3.05, 3.63) is 33.5 Å². The highest BCUT2D eigenvalue weighted by atomic mass is 32.1. The molecule has 0 amide bonds. The summed E-state index contributed by atoms with van der Waals surface area (Å²) in [5.74, 6) is 0.819. The molecule has 4 rings (SSSR count). The Morgan fingerprint density at radius 1 is 1.30 bits per heavy atom. The fraction of sp³-hybridized carbons (Fsp3) is 0.625. The first-order valence-electron chi connectivity index (χ1n) is 8.37. The number of aryl methyl sites for hydroxylation is 3.